The zero-order chi connectivity index (χ0) is 18.4. The maximum atomic E-state index is 9.93. The van der Waals surface area contributed by atoms with Crippen molar-refractivity contribution >= 4 is 12.4 Å². The molecular formula is C20H24N2O3. The Morgan fingerprint density at radius 1 is 1.00 bits per heavy atom. The molecule has 0 atom stereocenters. The van der Waals surface area contributed by atoms with Crippen LogP contribution in [-0.4, -0.2) is 41.8 Å². The van der Waals surface area contributed by atoms with Gasteiger partial charge in [-0.3, -0.25) is 9.98 Å². The standard InChI is InChI=1S/C20H24N2O3/c1-14-5-6-16(18(23)9-14)12-22-20(2,3)13-21-11-15-7-8-17(25-4)10-19(15)24/h5-12,23-24H,13H2,1-4H3. The number of aryl methyl sites for hydroxylation is 1. The van der Waals surface area contributed by atoms with Crippen LogP contribution in [-0.2, 0) is 0 Å². The van der Waals surface area contributed by atoms with Crippen molar-refractivity contribution in [1.82, 2.24) is 0 Å². The number of phenols is 2. The molecule has 0 aliphatic heterocycles. The van der Waals surface area contributed by atoms with Crippen molar-refractivity contribution in [3.8, 4) is 17.2 Å². The Balaban J connectivity index is 2.04. The number of nitrogens with zero attached hydrogens (tertiary/aromatic N) is 2. The lowest BCUT2D eigenvalue weighted by atomic mass is 10.1. The number of aliphatic imine (C=N–C) groups is 2. The van der Waals surface area contributed by atoms with E-state index in [0.717, 1.165) is 5.56 Å². The van der Waals surface area contributed by atoms with E-state index in [2.05, 4.69) is 9.98 Å². The lowest BCUT2D eigenvalue weighted by Gasteiger charge is -2.16. The minimum absolute atomic E-state index is 0.119. The Kier molecular flexibility index (Phi) is 5.80. The van der Waals surface area contributed by atoms with Gasteiger partial charge in [0.05, 0.1) is 19.2 Å². The van der Waals surface area contributed by atoms with Gasteiger partial charge in [-0.2, -0.15) is 0 Å². The van der Waals surface area contributed by atoms with Gasteiger partial charge in [-0.15, -0.1) is 0 Å². The average Bonchev–Trinajstić information content (AvgIpc) is 2.55. The summed E-state index contributed by atoms with van der Waals surface area (Å²) in [4.78, 5) is 8.89. The summed E-state index contributed by atoms with van der Waals surface area (Å²) in [7, 11) is 1.55. The molecule has 2 aromatic carbocycles. The quantitative estimate of drug-likeness (QED) is 0.787. The number of aromatic hydroxyl groups is 2. The molecular weight excluding hydrogens is 316 g/mol. The summed E-state index contributed by atoms with van der Waals surface area (Å²) in [6.45, 7) is 6.29. The fraction of sp³-hybridized carbons (Fsp3) is 0.300. The van der Waals surface area contributed by atoms with E-state index in [4.69, 9.17) is 4.74 Å². The van der Waals surface area contributed by atoms with Crippen molar-refractivity contribution in [2.24, 2.45) is 9.98 Å². The molecule has 0 aliphatic rings. The fourth-order valence-electron chi connectivity index (χ4n) is 2.17. The lowest BCUT2D eigenvalue weighted by Crippen LogP contribution is -2.21. The minimum atomic E-state index is -0.435. The van der Waals surface area contributed by atoms with Gasteiger partial charge in [0.25, 0.3) is 0 Å². The van der Waals surface area contributed by atoms with Crippen molar-refractivity contribution in [3.63, 3.8) is 0 Å². The van der Waals surface area contributed by atoms with Gasteiger partial charge in [-0.25, -0.2) is 0 Å². The molecule has 0 fully saturated rings. The van der Waals surface area contributed by atoms with E-state index in [-0.39, 0.29) is 11.5 Å². The first-order valence-electron chi connectivity index (χ1n) is 8.02. The molecule has 0 bridgehead atoms. The summed E-state index contributed by atoms with van der Waals surface area (Å²) >= 11 is 0. The maximum absolute atomic E-state index is 9.93. The summed E-state index contributed by atoms with van der Waals surface area (Å²) in [5.74, 6) is 0.928. The summed E-state index contributed by atoms with van der Waals surface area (Å²) in [5.41, 5.74) is 1.86. The number of hydrogen-bond acceptors (Lipinski definition) is 5. The molecule has 5 heteroatoms. The van der Waals surface area contributed by atoms with E-state index < -0.39 is 5.54 Å². The normalized spacial score (nSPS) is 12.2. The topological polar surface area (TPSA) is 74.4 Å². The second-order valence-corrected chi connectivity index (χ2v) is 6.53. The summed E-state index contributed by atoms with van der Waals surface area (Å²) in [6, 6.07) is 10.5. The van der Waals surface area contributed by atoms with Crippen LogP contribution >= 0.6 is 0 Å². The van der Waals surface area contributed by atoms with Crippen LogP contribution in [0, 0.1) is 6.92 Å². The third-order valence-electron chi connectivity index (χ3n) is 3.69. The third-order valence-corrected chi connectivity index (χ3v) is 3.69. The number of rotatable bonds is 6. The molecule has 5 nitrogen and oxygen atoms in total. The Morgan fingerprint density at radius 3 is 2.28 bits per heavy atom. The first-order chi connectivity index (χ1) is 11.8. The molecule has 25 heavy (non-hydrogen) atoms. The predicted molar refractivity (Wildman–Crippen MR) is 102 cm³/mol. The molecule has 132 valence electrons. The summed E-state index contributed by atoms with van der Waals surface area (Å²) in [5, 5.41) is 19.9. The van der Waals surface area contributed by atoms with Gasteiger partial charge in [0.15, 0.2) is 0 Å². The van der Waals surface area contributed by atoms with Crippen LogP contribution in [0.25, 0.3) is 0 Å². The maximum Gasteiger partial charge on any atom is 0.128 e. The fourth-order valence-corrected chi connectivity index (χ4v) is 2.17. The van der Waals surface area contributed by atoms with E-state index in [1.165, 1.54) is 0 Å². The van der Waals surface area contributed by atoms with Gasteiger partial charge >= 0.3 is 0 Å². The van der Waals surface area contributed by atoms with Crippen LogP contribution in [0.5, 0.6) is 17.2 Å². The Labute approximate surface area is 148 Å². The molecule has 0 aliphatic carbocycles. The Morgan fingerprint density at radius 2 is 1.64 bits per heavy atom. The molecule has 2 aromatic rings. The van der Waals surface area contributed by atoms with Crippen molar-refractivity contribution in [2.75, 3.05) is 13.7 Å². The van der Waals surface area contributed by atoms with Crippen LogP contribution in [0.15, 0.2) is 46.4 Å². The highest BCUT2D eigenvalue weighted by Gasteiger charge is 2.14. The van der Waals surface area contributed by atoms with Crippen LogP contribution < -0.4 is 4.74 Å². The van der Waals surface area contributed by atoms with E-state index in [1.807, 2.05) is 32.9 Å². The SMILES string of the molecule is COc1ccc(C=NCC(C)(C)N=Cc2ccc(C)cc2O)c(O)c1. The molecule has 0 radical (unpaired) electrons. The van der Waals surface area contributed by atoms with E-state index in [9.17, 15) is 10.2 Å². The monoisotopic (exact) mass is 340 g/mol. The molecule has 0 saturated heterocycles. The first-order valence-corrected chi connectivity index (χ1v) is 8.02. The Hall–Kier alpha value is -2.82. The smallest absolute Gasteiger partial charge is 0.128 e. The van der Waals surface area contributed by atoms with Crippen molar-refractivity contribution < 1.29 is 14.9 Å². The van der Waals surface area contributed by atoms with Gasteiger partial charge < -0.3 is 14.9 Å². The molecule has 0 amide bonds. The molecule has 0 unspecified atom stereocenters. The molecule has 0 aromatic heterocycles. The van der Waals surface area contributed by atoms with Crippen LogP contribution in [0.1, 0.15) is 30.5 Å². The molecule has 2 N–H and O–H groups in total. The first kappa shape index (κ1) is 18.5. The zero-order valence-corrected chi connectivity index (χ0v) is 15.0. The second kappa shape index (κ2) is 7.83. The van der Waals surface area contributed by atoms with Crippen molar-refractivity contribution in [1.29, 1.82) is 0 Å². The van der Waals surface area contributed by atoms with Crippen LogP contribution in [0.2, 0.25) is 0 Å². The molecule has 0 heterocycles. The number of hydrogen-bond donors (Lipinski definition) is 2. The third kappa shape index (κ3) is 5.35. The minimum Gasteiger partial charge on any atom is -0.507 e. The second-order valence-electron chi connectivity index (χ2n) is 6.53. The number of ether oxygens (including phenoxy) is 1. The van der Waals surface area contributed by atoms with Gasteiger partial charge in [-0.05, 0) is 50.6 Å². The van der Waals surface area contributed by atoms with E-state index in [1.54, 1.807) is 43.8 Å². The van der Waals surface area contributed by atoms with Gasteiger partial charge in [0, 0.05) is 29.6 Å². The number of phenolic OH excluding ortho intramolecular Hbond substituents is 2. The number of benzene rings is 2. The van der Waals surface area contributed by atoms with E-state index in [0.29, 0.717) is 23.4 Å². The highest BCUT2D eigenvalue weighted by Crippen LogP contribution is 2.22. The molecule has 0 spiro atoms. The summed E-state index contributed by atoms with van der Waals surface area (Å²) in [6.07, 6.45) is 3.28. The lowest BCUT2D eigenvalue weighted by molar-refractivity contribution is 0.407. The Bertz CT molecular complexity index is 796. The predicted octanol–water partition coefficient (Wildman–Crippen LogP) is 3.73. The van der Waals surface area contributed by atoms with Crippen LogP contribution in [0.3, 0.4) is 0 Å². The van der Waals surface area contributed by atoms with Crippen LogP contribution in [0.4, 0.5) is 0 Å². The summed E-state index contributed by atoms with van der Waals surface area (Å²) < 4.78 is 5.06. The largest absolute Gasteiger partial charge is 0.507 e. The molecule has 0 saturated carbocycles. The highest BCUT2D eigenvalue weighted by molar-refractivity contribution is 5.84. The van der Waals surface area contributed by atoms with E-state index >= 15 is 0 Å². The molecule has 2 rings (SSSR count). The zero-order valence-electron chi connectivity index (χ0n) is 15.0. The van der Waals surface area contributed by atoms with Crippen molar-refractivity contribution in [3.05, 3.63) is 53.1 Å². The van der Waals surface area contributed by atoms with Gasteiger partial charge in [0.2, 0.25) is 0 Å². The van der Waals surface area contributed by atoms with Crippen molar-refractivity contribution in [2.45, 2.75) is 26.3 Å². The average molecular weight is 340 g/mol. The van der Waals surface area contributed by atoms with Gasteiger partial charge in [-0.1, -0.05) is 6.07 Å². The number of methoxy groups -OCH3 is 1. The highest BCUT2D eigenvalue weighted by atomic mass is 16.5. The van der Waals surface area contributed by atoms with Gasteiger partial charge in [0.1, 0.15) is 17.2 Å².